The summed E-state index contributed by atoms with van der Waals surface area (Å²) in [7, 11) is 0. The fourth-order valence-corrected chi connectivity index (χ4v) is 3.21. The third kappa shape index (κ3) is 6.62. The number of carbonyl (C=O) groups is 1. The summed E-state index contributed by atoms with van der Waals surface area (Å²) in [5.41, 5.74) is 0.197. The molecule has 0 atom stereocenters. The molecule has 0 aromatic heterocycles. The number of carbonyl (C=O) groups excluding carboxylic acids is 1. The number of ether oxygens (including phenoxy) is 1. The molecule has 1 amide bonds. The van der Waals surface area contributed by atoms with E-state index in [0.717, 1.165) is 13.0 Å². The number of hydrogen-bond acceptors (Lipinski definition) is 2. The molecule has 1 rings (SSSR count). The smallest absolute Gasteiger partial charge is 0.407 e. The van der Waals surface area contributed by atoms with E-state index in [9.17, 15) is 4.79 Å². The van der Waals surface area contributed by atoms with Gasteiger partial charge in [-0.25, -0.2) is 4.79 Å². The van der Waals surface area contributed by atoms with Crippen LogP contribution in [0.4, 0.5) is 4.79 Å². The van der Waals surface area contributed by atoms with E-state index in [4.69, 9.17) is 4.74 Å². The van der Waals surface area contributed by atoms with E-state index in [1.54, 1.807) is 0 Å². The lowest BCUT2D eigenvalue weighted by Gasteiger charge is -2.36. The van der Waals surface area contributed by atoms with E-state index in [1.165, 1.54) is 51.4 Å². The molecule has 1 N–H and O–H groups in total. The standard InChI is InChI=1S/C17H33NO2/c1-5-17(11-7-6-8-12-17)13-9-10-14-18-15(19)20-16(2,3)4/h5-14H2,1-4H3,(H,18,19). The maximum absolute atomic E-state index is 11.5. The molecule has 20 heavy (non-hydrogen) atoms. The maximum Gasteiger partial charge on any atom is 0.407 e. The van der Waals surface area contributed by atoms with Crippen LogP contribution in [0.15, 0.2) is 0 Å². The molecule has 0 saturated heterocycles. The monoisotopic (exact) mass is 283 g/mol. The molecular formula is C17H33NO2. The molecule has 1 fully saturated rings. The van der Waals surface area contributed by atoms with E-state index in [0.29, 0.717) is 5.41 Å². The van der Waals surface area contributed by atoms with Gasteiger partial charge >= 0.3 is 6.09 Å². The minimum Gasteiger partial charge on any atom is -0.444 e. The normalized spacial score (nSPS) is 18.6. The van der Waals surface area contributed by atoms with Crippen molar-refractivity contribution in [2.24, 2.45) is 5.41 Å². The van der Waals surface area contributed by atoms with Gasteiger partial charge in [0.05, 0.1) is 0 Å². The van der Waals surface area contributed by atoms with Crippen LogP contribution in [0, 0.1) is 5.41 Å². The highest BCUT2D eigenvalue weighted by Crippen LogP contribution is 2.43. The van der Waals surface area contributed by atoms with Crippen molar-refractivity contribution in [3.63, 3.8) is 0 Å². The van der Waals surface area contributed by atoms with Crippen molar-refractivity contribution in [2.45, 2.75) is 91.1 Å². The van der Waals surface area contributed by atoms with E-state index >= 15 is 0 Å². The largest absolute Gasteiger partial charge is 0.444 e. The Kier molecular flexibility index (Phi) is 6.84. The lowest BCUT2D eigenvalue weighted by molar-refractivity contribution is 0.0526. The molecule has 0 aromatic rings. The van der Waals surface area contributed by atoms with Crippen LogP contribution in [0.3, 0.4) is 0 Å². The van der Waals surface area contributed by atoms with E-state index in [-0.39, 0.29) is 6.09 Å². The first-order valence-corrected chi connectivity index (χ1v) is 8.34. The highest BCUT2D eigenvalue weighted by atomic mass is 16.6. The molecule has 1 aliphatic rings. The van der Waals surface area contributed by atoms with Crippen LogP contribution in [-0.4, -0.2) is 18.2 Å². The first kappa shape index (κ1) is 17.3. The Morgan fingerprint density at radius 1 is 1.15 bits per heavy atom. The van der Waals surface area contributed by atoms with E-state index in [1.807, 2.05) is 20.8 Å². The van der Waals surface area contributed by atoms with E-state index in [2.05, 4.69) is 12.2 Å². The zero-order valence-electron chi connectivity index (χ0n) is 13.9. The van der Waals surface area contributed by atoms with Crippen LogP contribution in [0.1, 0.15) is 85.5 Å². The molecular weight excluding hydrogens is 250 g/mol. The van der Waals surface area contributed by atoms with Crippen molar-refractivity contribution in [3.05, 3.63) is 0 Å². The predicted molar refractivity (Wildman–Crippen MR) is 83.9 cm³/mol. The van der Waals surface area contributed by atoms with Gasteiger partial charge in [-0.2, -0.15) is 0 Å². The summed E-state index contributed by atoms with van der Waals surface area (Å²) in [5, 5.41) is 2.85. The van der Waals surface area contributed by atoms with Crippen LogP contribution in [0.25, 0.3) is 0 Å². The number of alkyl carbamates (subject to hydrolysis) is 1. The molecule has 0 bridgehead atoms. The Labute approximate surface area is 124 Å². The summed E-state index contributed by atoms with van der Waals surface area (Å²) < 4.78 is 5.23. The number of hydrogen-bond donors (Lipinski definition) is 1. The highest BCUT2D eigenvalue weighted by Gasteiger charge is 2.29. The van der Waals surface area contributed by atoms with Gasteiger partial charge in [0, 0.05) is 6.54 Å². The van der Waals surface area contributed by atoms with Crippen molar-refractivity contribution in [3.8, 4) is 0 Å². The lowest BCUT2D eigenvalue weighted by Crippen LogP contribution is -2.33. The minimum absolute atomic E-state index is 0.291. The average molecular weight is 283 g/mol. The average Bonchev–Trinajstić information content (AvgIpc) is 2.37. The Balaban J connectivity index is 2.13. The summed E-state index contributed by atoms with van der Waals surface area (Å²) >= 11 is 0. The summed E-state index contributed by atoms with van der Waals surface area (Å²) in [6, 6.07) is 0. The first-order chi connectivity index (χ1) is 9.37. The topological polar surface area (TPSA) is 38.3 Å². The van der Waals surface area contributed by atoms with Crippen molar-refractivity contribution in [2.75, 3.05) is 6.54 Å². The molecule has 3 nitrogen and oxygen atoms in total. The summed E-state index contributed by atoms with van der Waals surface area (Å²) in [5.74, 6) is 0. The van der Waals surface area contributed by atoms with Crippen LogP contribution in [0.2, 0.25) is 0 Å². The molecule has 1 aliphatic carbocycles. The van der Waals surface area contributed by atoms with Crippen LogP contribution in [-0.2, 0) is 4.74 Å². The fraction of sp³-hybridized carbons (Fsp3) is 0.941. The second kappa shape index (κ2) is 7.90. The quantitative estimate of drug-likeness (QED) is 0.693. The number of unbranched alkanes of at least 4 members (excludes halogenated alkanes) is 1. The molecule has 0 spiro atoms. The first-order valence-electron chi connectivity index (χ1n) is 8.34. The summed E-state index contributed by atoms with van der Waals surface area (Å²) in [6.07, 6.45) is 11.7. The van der Waals surface area contributed by atoms with Crippen LogP contribution >= 0.6 is 0 Å². The molecule has 3 heteroatoms. The third-order valence-corrected chi connectivity index (χ3v) is 4.47. The van der Waals surface area contributed by atoms with Gasteiger partial charge in [-0.05, 0) is 51.9 Å². The molecule has 0 aliphatic heterocycles. The van der Waals surface area contributed by atoms with Gasteiger partial charge in [0.25, 0.3) is 0 Å². The maximum atomic E-state index is 11.5. The molecule has 1 saturated carbocycles. The van der Waals surface area contributed by atoms with Gasteiger partial charge in [0.15, 0.2) is 0 Å². The molecule has 0 aromatic carbocycles. The zero-order chi connectivity index (χ0) is 15.1. The minimum atomic E-state index is -0.404. The van der Waals surface area contributed by atoms with Crippen molar-refractivity contribution >= 4 is 6.09 Å². The van der Waals surface area contributed by atoms with Crippen molar-refractivity contribution in [1.29, 1.82) is 0 Å². The SMILES string of the molecule is CCC1(CCCCNC(=O)OC(C)(C)C)CCCCC1. The number of nitrogens with one attached hydrogen (secondary N) is 1. The number of rotatable bonds is 6. The Morgan fingerprint density at radius 2 is 1.80 bits per heavy atom. The predicted octanol–water partition coefficient (Wildman–Crippen LogP) is 5.04. The second-order valence-corrected chi connectivity index (χ2v) is 7.30. The van der Waals surface area contributed by atoms with Crippen LogP contribution < -0.4 is 5.32 Å². The fourth-order valence-electron chi connectivity index (χ4n) is 3.21. The van der Waals surface area contributed by atoms with Gasteiger partial charge in [-0.3, -0.25) is 0 Å². The van der Waals surface area contributed by atoms with Crippen molar-refractivity contribution in [1.82, 2.24) is 5.32 Å². The van der Waals surface area contributed by atoms with Gasteiger partial charge in [-0.15, -0.1) is 0 Å². The Bertz CT molecular complexity index is 288. The summed E-state index contributed by atoms with van der Waals surface area (Å²) in [6.45, 7) is 8.74. The zero-order valence-corrected chi connectivity index (χ0v) is 13.9. The van der Waals surface area contributed by atoms with Gasteiger partial charge in [0.2, 0.25) is 0 Å². The van der Waals surface area contributed by atoms with E-state index < -0.39 is 5.60 Å². The lowest BCUT2D eigenvalue weighted by atomic mass is 9.69. The Hall–Kier alpha value is -0.730. The van der Waals surface area contributed by atoms with Gasteiger partial charge < -0.3 is 10.1 Å². The Morgan fingerprint density at radius 3 is 2.35 bits per heavy atom. The van der Waals surface area contributed by atoms with Gasteiger partial charge in [-0.1, -0.05) is 39.0 Å². The van der Waals surface area contributed by atoms with Gasteiger partial charge in [0.1, 0.15) is 5.60 Å². The highest BCUT2D eigenvalue weighted by molar-refractivity contribution is 5.67. The molecule has 0 heterocycles. The number of amides is 1. The van der Waals surface area contributed by atoms with Crippen molar-refractivity contribution < 1.29 is 9.53 Å². The third-order valence-electron chi connectivity index (χ3n) is 4.47. The van der Waals surface area contributed by atoms with Crippen LogP contribution in [0.5, 0.6) is 0 Å². The molecule has 0 radical (unpaired) electrons. The molecule has 118 valence electrons. The second-order valence-electron chi connectivity index (χ2n) is 7.30. The molecule has 0 unspecified atom stereocenters. The summed E-state index contributed by atoms with van der Waals surface area (Å²) in [4.78, 5) is 11.5.